The minimum absolute atomic E-state index is 0.630. The molecule has 1 aliphatic rings. The molecule has 0 bridgehead atoms. The number of hydrogen-bond acceptors (Lipinski definition) is 4. The summed E-state index contributed by atoms with van der Waals surface area (Å²) in [5, 5.41) is 3.06. The maximum atomic E-state index is 5.85. The molecular weight excluding hydrogens is 262 g/mol. The van der Waals surface area contributed by atoms with Gasteiger partial charge >= 0.3 is 0 Å². The second-order valence-electron chi connectivity index (χ2n) is 4.75. The standard InChI is InChI=1S/C17H17N3O/c18-10-11-19-15-8-6-14(7-9-15)17-20-12-16(21-17)13-4-2-1-3-5-13/h2,4-12,19H,1,3,18H2/b11-10-. The zero-order chi connectivity index (χ0) is 14.5. The lowest BCUT2D eigenvalue weighted by molar-refractivity contribution is 0.561. The minimum Gasteiger partial charge on any atom is -0.436 e. The Bertz CT molecular complexity index is 693. The van der Waals surface area contributed by atoms with E-state index in [0.717, 1.165) is 35.4 Å². The van der Waals surface area contributed by atoms with Gasteiger partial charge in [-0.3, -0.25) is 0 Å². The molecule has 1 aliphatic carbocycles. The van der Waals surface area contributed by atoms with Gasteiger partial charge in [-0.25, -0.2) is 4.98 Å². The molecule has 2 aromatic rings. The van der Waals surface area contributed by atoms with Crippen LogP contribution in [0.2, 0.25) is 0 Å². The van der Waals surface area contributed by atoms with Crippen molar-refractivity contribution in [2.45, 2.75) is 12.8 Å². The molecule has 106 valence electrons. The van der Waals surface area contributed by atoms with E-state index in [1.807, 2.05) is 24.3 Å². The molecule has 0 fully saturated rings. The number of nitrogens with zero attached hydrogens (tertiary/aromatic N) is 1. The fourth-order valence-electron chi connectivity index (χ4n) is 2.19. The van der Waals surface area contributed by atoms with E-state index in [1.54, 1.807) is 12.4 Å². The van der Waals surface area contributed by atoms with E-state index in [4.69, 9.17) is 10.2 Å². The van der Waals surface area contributed by atoms with Crippen molar-refractivity contribution < 1.29 is 4.42 Å². The van der Waals surface area contributed by atoms with Crippen LogP contribution in [0.5, 0.6) is 0 Å². The lowest BCUT2D eigenvalue weighted by Crippen LogP contribution is -1.89. The van der Waals surface area contributed by atoms with Gasteiger partial charge in [-0.05, 0) is 37.1 Å². The second-order valence-corrected chi connectivity index (χ2v) is 4.75. The van der Waals surface area contributed by atoms with E-state index in [0.29, 0.717) is 5.89 Å². The first-order valence-electron chi connectivity index (χ1n) is 6.93. The summed E-state index contributed by atoms with van der Waals surface area (Å²) in [7, 11) is 0. The van der Waals surface area contributed by atoms with Gasteiger partial charge in [-0.2, -0.15) is 0 Å². The van der Waals surface area contributed by atoms with E-state index in [2.05, 4.69) is 28.5 Å². The predicted molar refractivity (Wildman–Crippen MR) is 85.2 cm³/mol. The molecule has 1 aromatic heterocycles. The number of hydrogen-bond donors (Lipinski definition) is 2. The third-order valence-electron chi connectivity index (χ3n) is 3.26. The second kappa shape index (κ2) is 6.13. The number of nitrogens with one attached hydrogen (secondary N) is 1. The number of rotatable bonds is 4. The highest BCUT2D eigenvalue weighted by atomic mass is 16.4. The van der Waals surface area contributed by atoms with Gasteiger partial charge in [0.15, 0.2) is 5.76 Å². The Morgan fingerprint density at radius 2 is 2.05 bits per heavy atom. The zero-order valence-corrected chi connectivity index (χ0v) is 11.6. The first-order chi connectivity index (χ1) is 10.4. The molecule has 3 N–H and O–H groups in total. The van der Waals surface area contributed by atoms with Crippen LogP contribution in [0.3, 0.4) is 0 Å². The van der Waals surface area contributed by atoms with Crippen LogP contribution in [0.15, 0.2) is 65.5 Å². The smallest absolute Gasteiger partial charge is 0.226 e. The molecular formula is C17H17N3O. The summed E-state index contributed by atoms with van der Waals surface area (Å²) in [5.41, 5.74) is 8.31. The number of anilines is 1. The maximum absolute atomic E-state index is 5.85. The lowest BCUT2D eigenvalue weighted by Gasteiger charge is -2.03. The summed E-state index contributed by atoms with van der Waals surface area (Å²) in [6.45, 7) is 0. The van der Waals surface area contributed by atoms with Gasteiger partial charge in [0.1, 0.15) is 0 Å². The van der Waals surface area contributed by atoms with Gasteiger partial charge in [0.2, 0.25) is 5.89 Å². The Morgan fingerprint density at radius 1 is 1.19 bits per heavy atom. The molecule has 0 saturated heterocycles. The highest BCUT2D eigenvalue weighted by Crippen LogP contribution is 2.27. The predicted octanol–water partition coefficient (Wildman–Crippen LogP) is 3.92. The molecule has 21 heavy (non-hydrogen) atoms. The number of oxazole rings is 1. The third-order valence-corrected chi connectivity index (χ3v) is 3.26. The van der Waals surface area contributed by atoms with Crippen molar-refractivity contribution in [1.29, 1.82) is 0 Å². The van der Waals surface area contributed by atoms with E-state index >= 15 is 0 Å². The fourth-order valence-corrected chi connectivity index (χ4v) is 2.19. The lowest BCUT2D eigenvalue weighted by atomic mass is 10.1. The summed E-state index contributed by atoms with van der Waals surface area (Å²) in [4.78, 5) is 4.36. The molecule has 0 aliphatic heterocycles. The zero-order valence-electron chi connectivity index (χ0n) is 11.6. The van der Waals surface area contributed by atoms with Gasteiger partial charge < -0.3 is 15.5 Å². The van der Waals surface area contributed by atoms with Crippen molar-refractivity contribution in [1.82, 2.24) is 4.98 Å². The monoisotopic (exact) mass is 279 g/mol. The van der Waals surface area contributed by atoms with Crippen LogP contribution >= 0.6 is 0 Å². The summed E-state index contributed by atoms with van der Waals surface area (Å²) < 4.78 is 5.85. The topological polar surface area (TPSA) is 64.1 Å². The summed E-state index contributed by atoms with van der Waals surface area (Å²) in [5.74, 6) is 1.44. The summed E-state index contributed by atoms with van der Waals surface area (Å²) >= 11 is 0. The molecule has 4 nitrogen and oxygen atoms in total. The maximum Gasteiger partial charge on any atom is 0.226 e. The van der Waals surface area contributed by atoms with Crippen molar-refractivity contribution in [3.8, 4) is 11.5 Å². The molecule has 0 unspecified atom stereocenters. The quantitative estimate of drug-likeness (QED) is 0.890. The van der Waals surface area contributed by atoms with E-state index < -0.39 is 0 Å². The van der Waals surface area contributed by atoms with Crippen molar-refractivity contribution in [3.63, 3.8) is 0 Å². The minimum atomic E-state index is 0.630. The van der Waals surface area contributed by atoms with Crippen molar-refractivity contribution in [3.05, 3.63) is 66.9 Å². The van der Waals surface area contributed by atoms with Crippen LogP contribution in [0, 0.1) is 0 Å². The Kier molecular flexibility index (Phi) is 3.87. The molecule has 4 heteroatoms. The first kappa shape index (κ1) is 13.2. The molecule has 0 atom stereocenters. The van der Waals surface area contributed by atoms with Gasteiger partial charge in [0.25, 0.3) is 0 Å². The summed E-state index contributed by atoms with van der Waals surface area (Å²) in [6, 6.07) is 7.85. The van der Waals surface area contributed by atoms with E-state index in [-0.39, 0.29) is 0 Å². The Hall–Kier alpha value is -2.75. The normalized spacial score (nSPS) is 14.4. The van der Waals surface area contributed by atoms with Gasteiger partial charge in [0.05, 0.1) is 6.20 Å². The Labute approximate surface area is 123 Å². The van der Waals surface area contributed by atoms with Crippen molar-refractivity contribution >= 4 is 11.3 Å². The fraction of sp³-hybridized carbons (Fsp3) is 0.118. The first-order valence-corrected chi connectivity index (χ1v) is 6.93. The highest BCUT2D eigenvalue weighted by molar-refractivity contribution is 5.72. The molecule has 3 rings (SSSR count). The van der Waals surface area contributed by atoms with Crippen LogP contribution in [0.25, 0.3) is 17.0 Å². The average molecular weight is 279 g/mol. The third kappa shape index (κ3) is 3.05. The van der Waals surface area contributed by atoms with Crippen molar-refractivity contribution in [2.75, 3.05) is 5.32 Å². The number of allylic oxidation sites excluding steroid dienone is 4. The van der Waals surface area contributed by atoms with Crippen LogP contribution in [-0.4, -0.2) is 4.98 Å². The molecule has 1 aromatic carbocycles. The molecule has 0 radical (unpaired) electrons. The van der Waals surface area contributed by atoms with Crippen LogP contribution in [-0.2, 0) is 0 Å². The highest BCUT2D eigenvalue weighted by Gasteiger charge is 2.10. The number of benzene rings is 1. The van der Waals surface area contributed by atoms with Crippen LogP contribution in [0.1, 0.15) is 18.6 Å². The van der Waals surface area contributed by atoms with Crippen LogP contribution in [0.4, 0.5) is 5.69 Å². The van der Waals surface area contributed by atoms with Gasteiger partial charge in [-0.1, -0.05) is 18.2 Å². The Balaban J connectivity index is 1.79. The molecule has 0 saturated carbocycles. The van der Waals surface area contributed by atoms with Crippen molar-refractivity contribution in [2.24, 2.45) is 5.73 Å². The van der Waals surface area contributed by atoms with Crippen LogP contribution < -0.4 is 11.1 Å². The average Bonchev–Trinajstić information content (AvgIpc) is 3.04. The molecule has 1 heterocycles. The number of nitrogens with two attached hydrogens (primary N) is 1. The number of aromatic nitrogens is 1. The largest absolute Gasteiger partial charge is 0.436 e. The van der Waals surface area contributed by atoms with E-state index in [9.17, 15) is 0 Å². The van der Waals surface area contributed by atoms with E-state index in [1.165, 1.54) is 6.20 Å². The molecule has 0 spiro atoms. The Morgan fingerprint density at radius 3 is 2.76 bits per heavy atom. The van der Waals surface area contributed by atoms with Gasteiger partial charge in [-0.15, -0.1) is 0 Å². The SMILES string of the molecule is N/C=C\Nc1ccc(-c2ncc(C3=CCCC=C3)o2)cc1. The van der Waals surface area contributed by atoms with Gasteiger partial charge in [0, 0.05) is 29.2 Å². The summed E-state index contributed by atoms with van der Waals surface area (Å²) in [6.07, 6.45) is 13.5. The molecule has 0 amide bonds.